The molecule has 0 bridgehead atoms. The molecule has 0 unspecified atom stereocenters. The Kier molecular flexibility index (Phi) is 20.4. The van der Waals surface area contributed by atoms with Crippen molar-refractivity contribution < 1.29 is 48.0 Å². The molecule has 528 valence electrons. The zero-order valence-electron chi connectivity index (χ0n) is 80.5. The molecule has 6 aromatic carbocycles. The lowest BCUT2D eigenvalue weighted by molar-refractivity contribution is -0.660. The van der Waals surface area contributed by atoms with Gasteiger partial charge in [-0.15, -0.1) is 0 Å². The van der Waals surface area contributed by atoms with Crippen molar-refractivity contribution in [3.05, 3.63) is 316 Å². The van der Waals surface area contributed by atoms with Crippen molar-refractivity contribution in [2.75, 3.05) is 0 Å². The Bertz CT molecular complexity index is 5620. The highest BCUT2D eigenvalue weighted by molar-refractivity contribution is 5.68. The molecule has 6 heteroatoms. The summed E-state index contributed by atoms with van der Waals surface area (Å²) in [5.74, 6) is 0. The van der Waals surface area contributed by atoms with Crippen molar-refractivity contribution >= 4 is 0 Å². The van der Waals surface area contributed by atoms with Crippen LogP contribution >= 0.6 is 0 Å². The minimum atomic E-state index is -2.17. The van der Waals surface area contributed by atoms with Gasteiger partial charge in [0.05, 0.1) is 5.56 Å². The fourth-order valence-electron chi connectivity index (χ4n) is 12.7. The largest absolute Gasteiger partial charge is 0.213 e. The van der Waals surface area contributed by atoms with Crippen LogP contribution in [0.25, 0.3) is 67.5 Å². The third kappa shape index (κ3) is 19.8. The van der Waals surface area contributed by atoms with Gasteiger partial charge in [-0.05, 0) is 274 Å². The van der Waals surface area contributed by atoms with Crippen molar-refractivity contribution in [1.29, 1.82) is 0 Å². The molecule has 12 rings (SSSR count). The molecule has 0 radical (unpaired) electrons. The van der Waals surface area contributed by atoms with Crippen LogP contribution in [0.4, 0.5) is 0 Å². The molecule has 0 N–H and O–H groups in total. The van der Waals surface area contributed by atoms with Gasteiger partial charge in [0.2, 0.25) is 34.2 Å². The molecule has 0 spiro atoms. The second-order valence-corrected chi connectivity index (χ2v) is 28.2. The number of rotatable bonds is 6. The van der Waals surface area contributed by atoms with E-state index in [-0.39, 0.29) is 0 Å². The maximum Gasteiger partial charge on any atom is 0.213 e. The van der Waals surface area contributed by atoms with Crippen molar-refractivity contribution in [3.8, 4) is 67.5 Å². The molecule has 0 saturated heterocycles. The van der Waals surface area contributed by atoms with Crippen LogP contribution in [0.3, 0.4) is 0 Å². The van der Waals surface area contributed by atoms with Crippen LogP contribution in [-0.4, -0.2) is 0 Å². The molecular formula is C96H120N6+6. The average Bonchev–Trinajstić information content (AvgIpc) is 0.760. The van der Waals surface area contributed by atoms with Gasteiger partial charge in [-0.3, -0.25) is 0 Å². The van der Waals surface area contributed by atoms with Crippen molar-refractivity contribution in [1.82, 2.24) is 0 Å². The van der Waals surface area contributed by atoms with Crippen LogP contribution in [0, 0.1) is 166 Å². The van der Waals surface area contributed by atoms with Crippen LogP contribution in [0.2, 0.25) is 0 Å². The summed E-state index contributed by atoms with van der Waals surface area (Å²) in [6.07, 6.45) is 11.5. The third-order valence-corrected chi connectivity index (χ3v) is 19.5. The first kappa shape index (κ1) is 59.9. The van der Waals surface area contributed by atoms with Crippen LogP contribution < -0.4 is 27.4 Å². The Morgan fingerprint density at radius 1 is 0.196 bits per heavy atom. The van der Waals surface area contributed by atoms with Gasteiger partial charge >= 0.3 is 0 Å². The number of pyridine rings is 6. The molecule has 6 aromatic heterocycles. The molecular weight excluding hydrogens is 1240 g/mol. The second-order valence-electron chi connectivity index (χ2n) is 28.2. The summed E-state index contributed by atoms with van der Waals surface area (Å²) >= 11 is 0. The van der Waals surface area contributed by atoms with E-state index in [9.17, 15) is 0 Å². The second kappa shape index (κ2) is 34.7. The molecule has 6 nitrogen and oxygen atoms in total. The number of aryl methyl sites for hydroxylation is 29. The molecule has 0 atom stereocenters. The molecule has 0 aliphatic heterocycles. The third-order valence-electron chi connectivity index (χ3n) is 19.5. The van der Waals surface area contributed by atoms with Gasteiger partial charge in [0.15, 0.2) is 37.2 Å². The Hall–Kier alpha value is -9.78. The molecule has 6 heterocycles. The molecule has 0 aliphatic carbocycles. The van der Waals surface area contributed by atoms with E-state index in [0.717, 1.165) is 44.9 Å². The Morgan fingerprint density at radius 2 is 0.480 bits per heavy atom. The van der Waals surface area contributed by atoms with E-state index < -0.39 is 34.3 Å². The number of hydrogen-bond acceptors (Lipinski definition) is 0. The van der Waals surface area contributed by atoms with E-state index in [1.165, 1.54) is 112 Å². The van der Waals surface area contributed by atoms with Crippen LogP contribution in [0.1, 0.15) is 154 Å². The van der Waals surface area contributed by atoms with E-state index in [0.29, 0.717) is 44.5 Å². The van der Waals surface area contributed by atoms with Gasteiger partial charge in [0.25, 0.3) is 0 Å². The Morgan fingerprint density at radius 3 is 0.853 bits per heavy atom. The molecule has 102 heavy (non-hydrogen) atoms. The highest BCUT2D eigenvalue weighted by Gasteiger charge is 2.21. The molecule has 0 saturated carbocycles. The summed E-state index contributed by atoms with van der Waals surface area (Å²) in [6, 6.07) is 48.7. The van der Waals surface area contributed by atoms with Crippen LogP contribution in [0.15, 0.2) is 183 Å². The fourth-order valence-corrected chi connectivity index (χ4v) is 12.7. The highest BCUT2D eigenvalue weighted by atomic mass is 14.9. The van der Waals surface area contributed by atoms with E-state index in [1.807, 2.05) is 43.7 Å². The summed E-state index contributed by atoms with van der Waals surface area (Å²) in [5, 5.41) is 0. The Balaban J connectivity index is 0.000000195. The number of aromatic nitrogens is 6. The van der Waals surface area contributed by atoms with Gasteiger partial charge in [-0.1, -0.05) is 101 Å². The summed E-state index contributed by atoms with van der Waals surface area (Å²) in [5.41, 5.74) is 37.1. The van der Waals surface area contributed by atoms with Gasteiger partial charge in [0.1, 0.15) is 42.3 Å². The van der Waals surface area contributed by atoms with E-state index in [2.05, 4.69) is 241 Å². The highest BCUT2D eigenvalue weighted by Crippen LogP contribution is 2.30. The monoisotopic (exact) mass is 1370 g/mol. The standard InChI is InChI=1S/6C16H20N/c2*1-11-6-7-15(13(3)8-11)16-9-12(2)14(4)10-17(16)5;2*1-11-6-7-12(2)15(8-11)16-9-13(3)14(4)10-17(16)5;1-11-7-6-8-15(14(11)4)16-9-12(2)13(3)10-17(16)5;1-11-7-6-8-12(2)16(11)15-9-13(3)14(4)10-17(15)5/h6*6-10H,1-5H3/q6*+1/i1D3,4D3;;4D3;;1D3,3D3;. The van der Waals surface area contributed by atoms with Crippen LogP contribution in [-0.2, 0) is 42.3 Å². The summed E-state index contributed by atoms with van der Waals surface area (Å²) < 4.78 is 126. The normalized spacial score (nSPS) is 13.4. The lowest BCUT2D eigenvalue weighted by atomic mass is 9.97. The van der Waals surface area contributed by atoms with E-state index >= 15 is 0 Å². The van der Waals surface area contributed by atoms with E-state index in [4.69, 9.17) is 20.6 Å². The minimum Gasteiger partial charge on any atom is -0.201 e. The summed E-state index contributed by atoms with van der Waals surface area (Å²) in [7, 11) is 11.8. The topological polar surface area (TPSA) is 23.3 Å². The lowest BCUT2D eigenvalue weighted by Gasteiger charge is -2.09. The minimum absolute atomic E-state index is 0.299. The predicted molar refractivity (Wildman–Crippen MR) is 432 cm³/mol. The van der Waals surface area contributed by atoms with E-state index in [1.54, 1.807) is 99.0 Å². The van der Waals surface area contributed by atoms with Gasteiger partial charge in [-0.25, -0.2) is 27.4 Å². The molecule has 0 aliphatic rings. The lowest BCUT2D eigenvalue weighted by Crippen LogP contribution is -2.31. The zero-order valence-corrected chi connectivity index (χ0v) is 65.5. The average molecular weight is 1370 g/mol. The van der Waals surface area contributed by atoms with Crippen molar-refractivity contribution in [2.45, 2.75) is 166 Å². The summed E-state index contributed by atoms with van der Waals surface area (Å²) in [4.78, 5) is 0. The summed E-state index contributed by atoms with van der Waals surface area (Å²) in [6.45, 7) is 28.4. The fraction of sp³-hybridized carbons (Fsp3) is 0.312. The van der Waals surface area contributed by atoms with Crippen LogP contribution in [0.5, 0.6) is 0 Å². The van der Waals surface area contributed by atoms with Gasteiger partial charge < -0.3 is 0 Å². The predicted octanol–water partition coefficient (Wildman–Crippen LogP) is 20.5. The van der Waals surface area contributed by atoms with Crippen molar-refractivity contribution in [3.63, 3.8) is 0 Å². The maximum atomic E-state index is 7.64. The van der Waals surface area contributed by atoms with Gasteiger partial charge in [0, 0.05) is 118 Å². The van der Waals surface area contributed by atoms with Crippen molar-refractivity contribution in [2.24, 2.45) is 42.3 Å². The number of nitrogens with zero attached hydrogens (tertiary/aromatic N) is 6. The molecule has 12 aromatic rings. The number of hydrogen-bond donors (Lipinski definition) is 0. The smallest absolute Gasteiger partial charge is 0.201 e. The Labute approximate surface area is 637 Å². The first-order chi connectivity index (χ1) is 54.0. The first-order valence-corrected chi connectivity index (χ1v) is 35.0. The first-order valence-electron chi connectivity index (χ1n) is 42.5. The zero-order chi connectivity index (χ0) is 88.0. The molecule has 0 fully saturated rings. The SMILES string of the molecule is Cc1cc(-c2c(C)cccc2C)[n+](C)cc1C.Cc1ccc(-c2cc(C)c(C)c[n+]2C)c(C)c1.Cc1ccc(C)c(-c2cc(C)c(C)c[n+]2C)c1.[2H]C([2H])([2H])c1c[n+](C)c(-c2cc(C)ccc2C)cc1C.[2H]C([2H])([2H])c1c[n+](C)c(-c2cccc(C([2H])([2H])[2H])c2C)cc1C.[2H]C([2H])([2H])c1ccc(-c2cc(C)c(C([2H])([2H])[2H])c[n+]2C)c(C)c1. The maximum absolute atomic E-state index is 7.64. The molecule has 0 amide bonds. The van der Waals surface area contributed by atoms with Gasteiger partial charge in [-0.2, -0.15) is 0 Å². The quantitative estimate of drug-likeness (QED) is 0.148. The number of benzene rings is 6.